The highest BCUT2D eigenvalue weighted by Crippen LogP contribution is 2.39. The van der Waals surface area contributed by atoms with Crippen molar-refractivity contribution in [3.63, 3.8) is 0 Å². The Morgan fingerprint density at radius 1 is 0.741 bits per heavy atom. The fourth-order valence-corrected chi connectivity index (χ4v) is 4.69. The number of para-hydroxylation sites is 1. The molecule has 0 bridgehead atoms. The van der Waals surface area contributed by atoms with E-state index in [1.807, 2.05) is 0 Å². The molecule has 2 aliphatic rings. The van der Waals surface area contributed by atoms with Gasteiger partial charge in [-0.3, -0.25) is 0 Å². The van der Waals surface area contributed by atoms with E-state index in [9.17, 15) is 0 Å². The van der Waals surface area contributed by atoms with Crippen molar-refractivity contribution >= 4 is 0 Å². The van der Waals surface area contributed by atoms with Crippen LogP contribution in [0.1, 0.15) is 34.0 Å². The van der Waals surface area contributed by atoms with E-state index in [2.05, 4.69) is 94.9 Å². The van der Waals surface area contributed by atoms with E-state index in [1.54, 1.807) is 0 Å². The minimum absolute atomic E-state index is 0.196. The van der Waals surface area contributed by atoms with Crippen molar-refractivity contribution in [1.29, 1.82) is 0 Å². The summed E-state index contributed by atoms with van der Waals surface area (Å²) in [5, 5.41) is 3.79. The van der Waals surface area contributed by atoms with Crippen LogP contribution in [0.2, 0.25) is 0 Å². The first-order valence-corrected chi connectivity index (χ1v) is 9.58. The average Bonchev–Trinajstić information content (AvgIpc) is 3.29. The van der Waals surface area contributed by atoms with Crippen LogP contribution < -0.4 is 5.32 Å². The third-order valence-electron chi connectivity index (χ3n) is 5.97. The smallest absolute Gasteiger partial charge is 0.0737 e. The topological polar surface area (TPSA) is 17.0 Å². The number of nitrogens with one attached hydrogen (secondary N) is 1. The van der Waals surface area contributed by atoms with Gasteiger partial charge >= 0.3 is 0 Å². The van der Waals surface area contributed by atoms with Crippen LogP contribution in [0.25, 0.3) is 16.8 Å². The zero-order valence-electron chi connectivity index (χ0n) is 15.0. The molecule has 4 aromatic rings. The van der Waals surface area contributed by atoms with Crippen LogP contribution in [0.15, 0.2) is 85.1 Å². The second kappa shape index (κ2) is 5.70. The van der Waals surface area contributed by atoms with Gasteiger partial charge in [-0.25, -0.2) is 0 Å². The first-order chi connectivity index (χ1) is 13.4. The van der Waals surface area contributed by atoms with Crippen LogP contribution in [0, 0.1) is 0 Å². The molecule has 2 heteroatoms. The van der Waals surface area contributed by atoms with Crippen molar-refractivity contribution in [2.24, 2.45) is 0 Å². The number of nitrogens with zero attached hydrogens (tertiary/aromatic N) is 1. The molecule has 0 unspecified atom stereocenters. The normalized spacial score (nSPS) is 16.8. The summed E-state index contributed by atoms with van der Waals surface area (Å²) in [6.07, 6.45) is 3.21. The zero-order chi connectivity index (χ0) is 17.8. The van der Waals surface area contributed by atoms with E-state index in [1.165, 1.54) is 44.8 Å². The molecule has 1 aliphatic heterocycles. The highest BCUT2D eigenvalue weighted by atomic mass is 15.1. The molecule has 3 aromatic carbocycles. The van der Waals surface area contributed by atoms with Crippen molar-refractivity contribution in [3.05, 3.63) is 113 Å². The van der Waals surface area contributed by atoms with Gasteiger partial charge in [0.05, 0.1) is 6.04 Å². The molecule has 0 spiro atoms. The summed E-state index contributed by atoms with van der Waals surface area (Å²) < 4.78 is 2.34. The molecule has 0 amide bonds. The summed E-state index contributed by atoms with van der Waals surface area (Å²) in [5.74, 6) is 0. The van der Waals surface area contributed by atoms with Crippen LogP contribution >= 0.6 is 0 Å². The molecule has 0 saturated heterocycles. The number of benzene rings is 3. The molecule has 1 aromatic heterocycles. The number of hydrogen-bond donors (Lipinski definition) is 1. The van der Waals surface area contributed by atoms with Crippen LogP contribution in [-0.2, 0) is 13.0 Å². The third kappa shape index (κ3) is 2.23. The molecule has 2 nitrogen and oxygen atoms in total. The lowest BCUT2D eigenvalue weighted by Gasteiger charge is -2.19. The lowest BCUT2D eigenvalue weighted by atomic mass is 9.97. The fraction of sp³-hybridized carbons (Fsp3) is 0.120. The van der Waals surface area contributed by atoms with Gasteiger partial charge in [0.15, 0.2) is 0 Å². The summed E-state index contributed by atoms with van der Waals surface area (Å²) in [6, 6.07) is 29.0. The first-order valence-electron chi connectivity index (χ1n) is 9.58. The summed E-state index contributed by atoms with van der Waals surface area (Å²) in [7, 11) is 0. The predicted octanol–water partition coefficient (Wildman–Crippen LogP) is 5.24. The van der Waals surface area contributed by atoms with Crippen LogP contribution in [-0.4, -0.2) is 4.57 Å². The Balaban J connectivity index is 1.45. The SMILES string of the molecule is c1ccc2c(c1)Cc1cc([C@@H]3NCc4ccccc4-n4cccc43)ccc1-2. The molecule has 6 rings (SSSR count). The molecule has 0 saturated carbocycles. The summed E-state index contributed by atoms with van der Waals surface area (Å²) >= 11 is 0. The van der Waals surface area contributed by atoms with Crippen LogP contribution in [0.5, 0.6) is 0 Å². The Morgan fingerprint density at radius 3 is 2.52 bits per heavy atom. The molecule has 2 heterocycles. The van der Waals surface area contributed by atoms with Gasteiger partial charge in [0.25, 0.3) is 0 Å². The number of fused-ring (bicyclic) bond motifs is 6. The highest BCUT2D eigenvalue weighted by Gasteiger charge is 2.25. The molecule has 1 N–H and O–H groups in total. The molecule has 0 radical (unpaired) electrons. The Kier molecular flexibility index (Phi) is 3.17. The molecule has 27 heavy (non-hydrogen) atoms. The molecule has 1 aliphatic carbocycles. The second-order valence-electron chi connectivity index (χ2n) is 7.50. The lowest BCUT2D eigenvalue weighted by Crippen LogP contribution is -2.21. The van der Waals surface area contributed by atoms with Crippen molar-refractivity contribution in [2.75, 3.05) is 0 Å². The lowest BCUT2D eigenvalue weighted by molar-refractivity contribution is 0.600. The van der Waals surface area contributed by atoms with E-state index in [-0.39, 0.29) is 6.04 Å². The predicted molar refractivity (Wildman–Crippen MR) is 109 cm³/mol. The van der Waals surface area contributed by atoms with E-state index in [4.69, 9.17) is 0 Å². The standard InChI is InChI=1S/C25H20N2/c1-3-8-21-17(6-1)14-20-15-18(11-12-22(20)21)25-24-10-5-13-27(24)23-9-4-2-7-19(23)16-26-25/h1-13,15,25-26H,14,16H2/t25-/m0/s1. The summed E-state index contributed by atoms with van der Waals surface area (Å²) in [4.78, 5) is 0. The van der Waals surface area contributed by atoms with Gasteiger partial charge in [0.2, 0.25) is 0 Å². The number of rotatable bonds is 1. The monoisotopic (exact) mass is 348 g/mol. The van der Waals surface area contributed by atoms with Gasteiger partial charge in [0.1, 0.15) is 0 Å². The molecule has 0 fully saturated rings. The maximum Gasteiger partial charge on any atom is 0.0737 e. The van der Waals surface area contributed by atoms with Crippen molar-refractivity contribution in [2.45, 2.75) is 19.0 Å². The quantitative estimate of drug-likeness (QED) is 0.438. The maximum atomic E-state index is 3.79. The third-order valence-corrected chi connectivity index (χ3v) is 5.97. The van der Waals surface area contributed by atoms with Crippen LogP contribution in [0.3, 0.4) is 0 Å². The summed E-state index contributed by atoms with van der Waals surface area (Å²) in [5.41, 5.74) is 10.9. The first kappa shape index (κ1) is 15.0. The Morgan fingerprint density at radius 2 is 1.56 bits per heavy atom. The van der Waals surface area contributed by atoms with Crippen molar-refractivity contribution in [3.8, 4) is 16.8 Å². The summed E-state index contributed by atoms with van der Waals surface area (Å²) in [6.45, 7) is 0.875. The van der Waals surface area contributed by atoms with Crippen molar-refractivity contribution in [1.82, 2.24) is 9.88 Å². The van der Waals surface area contributed by atoms with Crippen LogP contribution in [0.4, 0.5) is 0 Å². The molecule has 130 valence electrons. The van der Waals surface area contributed by atoms with Gasteiger partial charge in [-0.15, -0.1) is 0 Å². The van der Waals surface area contributed by atoms with Gasteiger partial charge in [-0.1, -0.05) is 60.7 Å². The molecule has 1 atom stereocenters. The minimum Gasteiger partial charge on any atom is -0.319 e. The van der Waals surface area contributed by atoms with E-state index >= 15 is 0 Å². The Hall–Kier alpha value is -3.10. The Bertz CT molecular complexity index is 1170. The molecular formula is C25H20N2. The largest absolute Gasteiger partial charge is 0.319 e. The van der Waals surface area contributed by atoms with Gasteiger partial charge in [-0.2, -0.15) is 0 Å². The van der Waals surface area contributed by atoms with Gasteiger partial charge in [-0.05, 0) is 58.0 Å². The second-order valence-corrected chi connectivity index (χ2v) is 7.50. The minimum atomic E-state index is 0.196. The van der Waals surface area contributed by atoms with E-state index in [0.29, 0.717) is 0 Å². The van der Waals surface area contributed by atoms with Gasteiger partial charge in [0, 0.05) is 24.1 Å². The van der Waals surface area contributed by atoms with E-state index < -0.39 is 0 Å². The zero-order valence-corrected chi connectivity index (χ0v) is 15.0. The number of aromatic nitrogens is 1. The van der Waals surface area contributed by atoms with Gasteiger partial charge < -0.3 is 9.88 Å². The number of hydrogen-bond acceptors (Lipinski definition) is 1. The average molecular weight is 348 g/mol. The molecular weight excluding hydrogens is 328 g/mol. The van der Waals surface area contributed by atoms with E-state index in [0.717, 1.165) is 13.0 Å². The van der Waals surface area contributed by atoms with Crippen molar-refractivity contribution < 1.29 is 0 Å². The maximum absolute atomic E-state index is 3.79. The fourth-order valence-electron chi connectivity index (χ4n) is 4.69. The highest BCUT2D eigenvalue weighted by molar-refractivity contribution is 5.77. The Labute approximate surface area is 159 Å².